The van der Waals surface area contributed by atoms with Crippen molar-refractivity contribution < 1.29 is 0 Å². The van der Waals surface area contributed by atoms with E-state index in [0.29, 0.717) is 0 Å². The van der Waals surface area contributed by atoms with Crippen LogP contribution in [0.5, 0.6) is 0 Å². The minimum absolute atomic E-state index is 0.488. The fraction of sp³-hybridized carbons (Fsp3) is 0.0968. The summed E-state index contributed by atoms with van der Waals surface area (Å²) in [6, 6.07) is 78.2. The van der Waals surface area contributed by atoms with Gasteiger partial charge in [-0.05, 0) is 149 Å². The lowest BCUT2D eigenvalue weighted by atomic mass is 9.65. The molecule has 10 aromatic rings. The maximum atomic E-state index is 2.47. The zero-order chi connectivity index (χ0) is 41.7. The molecule has 62 heavy (non-hydrogen) atoms. The molecule has 0 saturated heterocycles. The highest BCUT2D eigenvalue weighted by atomic mass is 14.5. The summed E-state index contributed by atoms with van der Waals surface area (Å²) in [5, 5.41) is 5.25. The van der Waals surface area contributed by atoms with Gasteiger partial charge in [-0.25, -0.2) is 0 Å². The van der Waals surface area contributed by atoms with Gasteiger partial charge in [-0.3, -0.25) is 0 Å². The van der Waals surface area contributed by atoms with E-state index in [4.69, 9.17) is 0 Å². The minimum Gasteiger partial charge on any atom is -0.0619 e. The Labute approximate surface area is 364 Å². The second-order valence-electron chi connectivity index (χ2n) is 17.7. The van der Waals surface area contributed by atoms with Crippen molar-refractivity contribution in [3.8, 4) is 33.4 Å². The second-order valence-corrected chi connectivity index (χ2v) is 17.7. The fourth-order valence-electron chi connectivity index (χ4n) is 11.7. The normalized spacial score (nSPS) is 14.1. The summed E-state index contributed by atoms with van der Waals surface area (Å²) in [7, 11) is 0. The number of hydrogen-bond donors (Lipinski definition) is 0. The van der Waals surface area contributed by atoms with Gasteiger partial charge in [0.2, 0.25) is 0 Å². The van der Waals surface area contributed by atoms with Gasteiger partial charge >= 0.3 is 0 Å². The van der Waals surface area contributed by atoms with E-state index >= 15 is 0 Å². The van der Waals surface area contributed by atoms with Gasteiger partial charge < -0.3 is 0 Å². The van der Waals surface area contributed by atoms with Crippen LogP contribution in [0.1, 0.15) is 66.8 Å². The van der Waals surface area contributed by atoms with Crippen molar-refractivity contribution in [2.75, 3.05) is 0 Å². The average Bonchev–Trinajstić information content (AvgIpc) is 3.80. The summed E-state index contributed by atoms with van der Waals surface area (Å²) in [4.78, 5) is 0. The van der Waals surface area contributed by atoms with E-state index < -0.39 is 10.8 Å². The number of fused-ring (bicyclic) bond motifs is 8. The lowest BCUT2D eigenvalue weighted by Gasteiger charge is -2.36. The van der Waals surface area contributed by atoms with E-state index in [1.165, 1.54) is 122 Å². The molecule has 10 aromatic carbocycles. The quantitative estimate of drug-likeness (QED) is 0.163. The van der Waals surface area contributed by atoms with Crippen LogP contribution in [0, 0.1) is 27.7 Å². The first kappa shape index (κ1) is 36.6. The molecule has 294 valence electrons. The van der Waals surface area contributed by atoms with Crippen molar-refractivity contribution in [3.05, 3.63) is 273 Å². The molecule has 2 aliphatic rings. The predicted octanol–water partition coefficient (Wildman–Crippen LogP) is 15.6. The first-order valence-corrected chi connectivity index (χ1v) is 22.0. The Balaban J connectivity index is 1.05. The van der Waals surface area contributed by atoms with Gasteiger partial charge in [0, 0.05) is 0 Å². The lowest BCUT2D eigenvalue weighted by Crippen LogP contribution is -2.29. The van der Waals surface area contributed by atoms with E-state index in [9.17, 15) is 0 Å². The molecule has 12 rings (SSSR count). The molecule has 0 heterocycles. The molecule has 0 bridgehead atoms. The van der Waals surface area contributed by atoms with Gasteiger partial charge in [0.1, 0.15) is 0 Å². The Morgan fingerprint density at radius 3 is 0.855 bits per heavy atom. The van der Waals surface area contributed by atoms with Gasteiger partial charge in [0.05, 0.1) is 10.8 Å². The minimum atomic E-state index is -0.488. The monoisotopic (exact) mass is 790 g/mol. The van der Waals surface area contributed by atoms with Crippen LogP contribution in [-0.2, 0) is 10.8 Å². The summed E-state index contributed by atoms with van der Waals surface area (Å²) in [5.41, 5.74) is 22.6. The molecule has 0 spiro atoms. The van der Waals surface area contributed by atoms with Crippen LogP contribution < -0.4 is 0 Å². The smallest absolute Gasteiger partial charge is 0.0619 e. The molecule has 0 aromatic heterocycles. The van der Waals surface area contributed by atoms with Gasteiger partial charge in [-0.15, -0.1) is 0 Å². The Morgan fingerprint density at radius 1 is 0.258 bits per heavy atom. The third-order valence-electron chi connectivity index (χ3n) is 14.8. The van der Waals surface area contributed by atoms with Crippen molar-refractivity contribution in [2.24, 2.45) is 0 Å². The fourth-order valence-corrected chi connectivity index (χ4v) is 11.7. The molecule has 0 nitrogen and oxygen atoms in total. The summed E-state index contributed by atoms with van der Waals surface area (Å²) in [6.45, 7) is 9.07. The van der Waals surface area contributed by atoms with Crippen LogP contribution in [0.3, 0.4) is 0 Å². The maximum Gasteiger partial charge on any atom is 0.0719 e. The molecular weight excluding hydrogens is 745 g/mol. The first-order chi connectivity index (χ1) is 30.4. The lowest BCUT2D eigenvalue weighted by molar-refractivity contribution is 0.774. The summed E-state index contributed by atoms with van der Waals surface area (Å²) in [6.07, 6.45) is 0. The van der Waals surface area contributed by atoms with Crippen LogP contribution in [0.4, 0.5) is 0 Å². The van der Waals surface area contributed by atoms with Crippen molar-refractivity contribution in [2.45, 2.75) is 38.5 Å². The molecule has 0 fully saturated rings. The third kappa shape index (κ3) is 4.84. The van der Waals surface area contributed by atoms with E-state index in [-0.39, 0.29) is 0 Å². The number of rotatable bonds is 5. The molecule has 0 heteroatoms. The number of aryl methyl sites for hydroxylation is 4. The maximum absolute atomic E-state index is 2.47. The highest BCUT2D eigenvalue weighted by molar-refractivity contribution is 5.98. The second kappa shape index (κ2) is 13.6. The van der Waals surface area contributed by atoms with Crippen LogP contribution >= 0.6 is 0 Å². The summed E-state index contributed by atoms with van der Waals surface area (Å²) >= 11 is 0. The molecule has 0 amide bonds. The molecule has 0 saturated carbocycles. The standard InChI is InChI=1S/C62H46/c1-39-37-59(49-19-7-5-17-47(49)41(39)3)61(55-25-13-9-21-51(55)52-22-10-14-26-56(52)61)45-33-29-43(30-34-45)44-31-35-46(36-32-44)62(60-38-40(2)42(4)48-18-6-8-20-50(48)60)57-27-15-11-23-53(57)54-24-12-16-28-58(54)62/h5-38H,1-4H3. The van der Waals surface area contributed by atoms with Gasteiger partial charge in [-0.1, -0.05) is 206 Å². The van der Waals surface area contributed by atoms with Gasteiger partial charge in [0.15, 0.2) is 0 Å². The highest BCUT2D eigenvalue weighted by Gasteiger charge is 2.48. The molecule has 0 N–H and O–H groups in total. The Bertz CT molecular complexity index is 3110. The Kier molecular flexibility index (Phi) is 8.03. The van der Waals surface area contributed by atoms with Gasteiger partial charge in [-0.2, -0.15) is 0 Å². The van der Waals surface area contributed by atoms with E-state index in [1.807, 2.05) is 0 Å². The Morgan fingerprint density at radius 2 is 0.532 bits per heavy atom. The number of benzene rings is 10. The molecule has 0 aliphatic heterocycles. The Hall–Kier alpha value is -7.28. The van der Waals surface area contributed by atoms with E-state index in [2.05, 4.69) is 234 Å². The molecule has 0 radical (unpaired) electrons. The molecule has 0 atom stereocenters. The van der Waals surface area contributed by atoms with Crippen LogP contribution in [0.25, 0.3) is 54.9 Å². The number of hydrogen-bond acceptors (Lipinski definition) is 0. The first-order valence-electron chi connectivity index (χ1n) is 22.0. The van der Waals surface area contributed by atoms with Crippen LogP contribution in [0.2, 0.25) is 0 Å². The van der Waals surface area contributed by atoms with Gasteiger partial charge in [0.25, 0.3) is 0 Å². The van der Waals surface area contributed by atoms with E-state index in [1.54, 1.807) is 0 Å². The van der Waals surface area contributed by atoms with Crippen molar-refractivity contribution in [3.63, 3.8) is 0 Å². The van der Waals surface area contributed by atoms with Crippen molar-refractivity contribution in [1.29, 1.82) is 0 Å². The predicted molar refractivity (Wildman–Crippen MR) is 260 cm³/mol. The van der Waals surface area contributed by atoms with Crippen molar-refractivity contribution in [1.82, 2.24) is 0 Å². The SMILES string of the molecule is Cc1cc(C2(c3ccc(-c4ccc(C5(c6cc(C)c(C)c7ccccc67)c6ccccc6-c6ccccc65)cc4)cc3)c3ccccc3-c3ccccc32)c2ccccc2c1C. The summed E-state index contributed by atoms with van der Waals surface area (Å²) < 4.78 is 0. The topological polar surface area (TPSA) is 0 Å². The van der Waals surface area contributed by atoms with Crippen LogP contribution in [0.15, 0.2) is 206 Å². The summed E-state index contributed by atoms with van der Waals surface area (Å²) in [5.74, 6) is 0. The zero-order valence-electron chi connectivity index (χ0n) is 35.6. The van der Waals surface area contributed by atoms with Crippen molar-refractivity contribution >= 4 is 21.5 Å². The third-order valence-corrected chi connectivity index (χ3v) is 14.8. The van der Waals surface area contributed by atoms with E-state index in [0.717, 1.165) is 0 Å². The average molecular weight is 791 g/mol. The molecule has 2 aliphatic carbocycles. The van der Waals surface area contributed by atoms with Crippen LogP contribution in [-0.4, -0.2) is 0 Å². The largest absolute Gasteiger partial charge is 0.0719 e. The molecule has 0 unspecified atom stereocenters. The molecular formula is C62H46. The highest BCUT2D eigenvalue weighted by Crippen LogP contribution is 2.59. The zero-order valence-corrected chi connectivity index (χ0v) is 35.6.